The van der Waals surface area contributed by atoms with E-state index in [4.69, 9.17) is 13.6 Å². The van der Waals surface area contributed by atoms with Gasteiger partial charge in [0.1, 0.15) is 5.92 Å². The van der Waals surface area contributed by atoms with E-state index in [1.165, 1.54) is 39.0 Å². The molecule has 0 radical (unpaired) electrons. The summed E-state index contributed by atoms with van der Waals surface area (Å²) < 4.78 is 52.1. The van der Waals surface area contributed by atoms with Crippen LogP contribution in [0.4, 0.5) is 0 Å². The zero-order chi connectivity index (χ0) is 61.4. The Kier molecular flexibility index (Phi) is 19.5. The fourth-order valence-electron chi connectivity index (χ4n) is 13.6. The van der Waals surface area contributed by atoms with Crippen LogP contribution in [0.5, 0.6) is 0 Å². The van der Waals surface area contributed by atoms with E-state index < -0.39 is 73.3 Å². The van der Waals surface area contributed by atoms with Gasteiger partial charge in [-0.3, -0.25) is 19.7 Å². The summed E-state index contributed by atoms with van der Waals surface area (Å²) in [5.41, 5.74) is -2.14. The van der Waals surface area contributed by atoms with E-state index in [2.05, 4.69) is 150 Å². The van der Waals surface area contributed by atoms with Crippen molar-refractivity contribution in [2.45, 2.75) is 146 Å². The molecule has 2 bridgehead atoms. The molecule has 4 aliphatic rings. The van der Waals surface area contributed by atoms with E-state index in [1.54, 1.807) is 36.4 Å². The lowest BCUT2D eigenvalue weighted by molar-refractivity contribution is -0.178. The molecule has 3 aliphatic heterocycles. The van der Waals surface area contributed by atoms with Crippen LogP contribution in [0.2, 0.25) is 10.1 Å². The molecule has 2 fully saturated rings. The maximum Gasteiger partial charge on any atom is 0.339 e. The van der Waals surface area contributed by atoms with Crippen LogP contribution in [0.25, 0.3) is 0 Å². The van der Waals surface area contributed by atoms with Crippen molar-refractivity contribution in [3.63, 3.8) is 0 Å². The van der Waals surface area contributed by atoms with E-state index in [0.29, 0.717) is 31.6 Å². The quantitative estimate of drug-likeness (QED) is 0.0184. The normalized spacial score (nSPS) is 19.9. The smallest absolute Gasteiger partial charge is 0.339 e. The van der Waals surface area contributed by atoms with E-state index in [1.807, 2.05) is 56.3 Å². The number of allylic oxidation sites excluding steroid dienone is 4. The molecule has 0 aromatic heterocycles. The van der Waals surface area contributed by atoms with Crippen molar-refractivity contribution in [1.29, 1.82) is 0 Å². The SMILES string of the molecule is Cc1ccc(C(=O)O[C@]23C=C(CC/C=C\CCCCO[Si](c4ccccc4)(c4ccccc4)C(C)(C)C)[C@H](N(S(=O)(=O)c4ccc(C)cc4)C2=O)[C@@]2(CC/C=C\CCCCO[Si](c4ccccc4)(c4ccccc4)C(C)(C)C)C(=O)NC(=O)[C@H]23)cc1. The van der Waals surface area contributed by atoms with Gasteiger partial charge in [0.05, 0.1) is 21.9 Å². The highest BCUT2D eigenvalue weighted by Gasteiger charge is 2.79. The van der Waals surface area contributed by atoms with Gasteiger partial charge in [-0.1, -0.05) is 223 Å². The standard InChI is InChI=1S/C72H84N2O9SSi2/c1-54-42-46-56(47-43-54)66(76)83-72-53-57(33-21-13-9-11-15-31-51-81-85(69(3,4)5,59-34-22-17-23-35-59)60-36-24-18-25-37-60)64(74(68(72)78)84(79,80)58-48-44-55(2)45-49-58)71(63(72)65(75)73-67(71)77)50-30-14-10-12-16-32-52-82-86(70(6,7)8,61-38-26-19-27-39-61)62-40-28-20-29-41-62/h9-10,13-14,17-20,22-29,34-49,53,63-64H,11-12,15-16,21,30-33,50-52H2,1-8H3,(H,73,75,77)/b13-9-,14-10-/t63-,64+,71+,72+/m1/s1. The van der Waals surface area contributed by atoms with Crippen molar-refractivity contribution in [2.24, 2.45) is 11.3 Å². The number of hydrogen-bond donors (Lipinski definition) is 1. The number of nitrogens with zero attached hydrogens (tertiary/aromatic N) is 1. The Morgan fingerprint density at radius 3 is 1.43 bits per heavy atom. The summed E-state index contributed by atoms with van der Waals surface area (Å²) in [5.74, 6) is -5.09. The summed E-state index contributed by atoms with van der Waals surface area (Å²) >= 11 is 0. The van der Waals surface area contributed by atoms with Crippen molar-refractivity contribution >= 4 is 71.1 Å². The van der Waals surface area contributed by atoms with Crippen molar-refractivity contribution in [3.8, 4) is 0 Å². The number of esters is 1. The fraction of sp³-hybridized carbons (Fsp3) is 0.361. The van der Waals surface area contributed by atoms with Gasteiger partial charge in [-0.05, 0) is 145 Å². The highest BCUT2D eigenvalue weighted by atomic mass is 32.2. The van der Waals surface area contributed by atoms with Crippen LogP contribution in [-0.2, 0) is 38.0 Å². The molecule has 0 unspecified atom stereocenters. The number of imide groups is 1. The molecule has 4 atom stereocenters. The lowest BCUT2D eigenvalue weighted by Gasteiger charge is -2.58. The van der Waals surface area contributed by atoms with Gasteiger partial charge in [-0.2, -0.15) is 0 Å². The molecule has 86 heavy (non-hydrogen) atoms. The monoisotopic (exact) mass is 1210 g/mol. The number of ether oxygens (including phenoxy) is 1. The van der Waals surface area contributed by atoms with Crippen LogP contribution in [-0.4, -0.2) is 77.9 Å². The Labute approximate surface area is 512 Å². The van der Waals surface area contributed by atoms with E-state index in [-0.39, 0.29) is 39.8 Å². The molecule has 3 amide bonds. The third kappa shape index (κ3) is 12.3. The molecule has 3 heterocycles. The van der Waals surface area contributed by atoms with Crippen molar-refractivity contribution < 1.29 is 41.2 Å². The van der Waals surface area contributed by atoms with Gasteiger partial charge in [0.25, 0.3) is 32.6 Å². The first-order chi connectivity index (χ1) is 41.1. The zero-order valence-electron chi connectivity index (χ0n) is 51.2. The maximum absolute atomic E-state index is 15.5. The summed E-state index contributed by atoms with van der Waals surface area (Å²) in [4.78, 5) is 59.5. The Balaban J connectivity index is 0.966. The van der Waals surface area contributed by atoms with Crippen LogP contribution in [0.3, 0.4) is 0 Å². The number of rotatable bonds is 26. The van der Waals surface area contributed by atoms with Crippen molar-refractivity contribution in [2.75, 3.05) is 13.2 Å². The van der Waals surface area contributed by atoms with Gasteiger partial charge in [-0.15, -0.1) is 0 Å². The largest absolute Gasteiger partial charge is 0.440 e. The number of aryl methyl sites for hydroxylation is 2. The summed E-state index contributed by atoms with van der Waals surface area (Å²) in [6, 6.07) is 53.6. The second kappa shape index (κ2) is 26.5. The van der Waals surface area contributed by atoms with Gasteiger partial charge < -0.3 is 13.6 Å². The summed E-state index contributed by atoms with van der Waals surface area (Å²) in [6.07, 6.45) is 15.2. The minimum atomic E-state index is -4.75. The molecular weight excluding hydrogens is 1130 g/mol. The van der Waals surface area contributed by atoms with Crippen LogP contribution in [0.15, 0.2) is 211 Å². The highest BCUT2D eigenvalue weighted by Crippen LogP contribution is 2.61. The number of benzene rings is 6. The van der Waals surface area contributed by atoms with Crippen LogP contribution >= 0.6 is 0 Å². The predicted octanol–water partition coefficient (Wildman–Crippen LogP) is 12.2. The first-order valence-electron chi connectivity index (χ1n) is 30.5. The molecule has 6 aromatic carbocycles. The summed E-state index contributed by atoms with van der Waals surface area (Å²) in [6.45, 7) is 18.4. The third-order valence-corrected chi connectivity index (χ3v) is 29.5. The van der Waals surface area contributed by atoms with Crippen LogP contribution < -0.4 is 26.1 Å². The number of piperidine rings is 1. The van der Waals surface area contributed by atoms with Gasteiger partial charge in [-0.25, -0.2) is 17.5 Å². The van der Waals surface area contributed by atoms with Gasteiger partial charge >= 0.3 is 5.97 Å². The molecule has 1 aliphatic carbocycles. The molecule has 1 N–H and O–H groups in total. The van der Waals surface area contributed by atoms with E-state index in [9.17, 15) is 9.59 Å². The number of carbonyl (C=O) groups excluding carboxylic acids is 4. The molecule has 0 spiro atoms. The number of sulfonamides is 1. The molecule has 0 saturated carbocycles. The lowest BCUT2D eigenvalue weighted by atomic mass is 9.53. The number of unbranched alkanes of at least 4 members (excludes halogenated alkanes) is 4. The van der Waals surface area contributed by atoms with Crippen molar-refractivity contribution in [3.05, 3.63) is 223 Å². The molecule has 10 rings (SSSR count). The Morgan fingerprint density at radius 2 is 0.988 bits per heavy atom. The number of amides is 3. The highest BCUT2D eigenvalue weighted by molar-refractivity contribution is 7.89. The number of nitrogens with one attached hydrogen (secondary N) is 1. The van der Waals surface area contributed by atoms with Gasteiger partial charge in [0.2, 0.25) is 17.4 Å². The molecular formula is C72H84N2O9SSi2. The second-order valence-corrected chi connectivity index (χ2v) is 35.8. The minimum Gasteiger partial charge on any atom is -0.440 e. The lowest BCUT2D eigenvalue weighted by Crippen LogP contribution is -2.76. The molecule has 14 heteroatoms. The number of carbonyl (C=O) groups is 4. The summed E-state index contributed by atoms with van der Waals surface area (Å²) in [7, 11) is -10.2. The minimum absolute atomic E-state index is 0.0203. The zero-order valence-corrected chi connectivity index (χ0v) is 54.0. The molecule has 6 aromatic rings. The first kappa shape index (κ1) is 63.4. The maximum atomic E-state index is 15.5. The molecule has 11 nitrogen and oxygen atoms in total. The predicted molar refractivity (Wildman–Crippen MR) is 347 cm³/mol. The number of hydrogen-bond acceptors (Lipinski definition) is 9. The average molecular weight is 1210 g/mol. The first-order valence-corrected chi connectivity index (χ1v) is 35.7. The van der Waals surface area contributed by atoms with Crippen LogP contribution in [0.1, 0.15) is 127 Å². The Morgan fingerprint density at radius 1 is 0.570 bits per heavy atom. The fourth-order valence-corrected chi connectivity index (χ4v) is 24.5. The average Bonchev–Trinajstić information content (AvgIpc) is 1.28. The van der Waals surface area contributed by atoms with E-state index >= 15 is 18.0 Å². The number of fused-ring (bicyclic) bond motifs is 1. The van der Waals surface area contributed by atoms with Crippen LogP contribution in [0, 0.1) is 25.2 Å². The Hall–Kier alpha value is -7.08. The topological polar surface area (TPSA) is 145 Å². The van der Waals surface area contributed by atoms with Crippen molar-refractivity contribution in [1.82, 2.24) is 9.62 Å². The Bertz CT molecular complexity index is 3470. The van der Waals surface area contributed by atoms with E-state index in [0.717, 1.165) is 47.5 Å². The summed E-state index contributed by atoms with van der Waals surface area (Å²) in [5, 5.41) is 7.12. The van der Waals surface area contributed by atoms with Gasteiger partial charge in [0.15, 0.2) is 0 Å². The second-order valence-electron chi connectivity index (χ2n) is 25.4. The van der Waals surface area contributed by atoms with Gasteiger partial charge in [0, 0.05) is 13.2 Å². The molecule has 2 saturated heterocycles. The molecule has 450 valence electrons. The third-order valence-electron chi connectivity index (χ3n) is 17.7.